The molecule has 0 aliphatic rings. The van der Waals surface area contributed by atoms with Crippen LogP contribution in [0.3, 0.4) is 0 Å². The molecule has 0 atom stereocenters. The van der Waals surface area contributed by atoms with Gasteiger partial charge in [0.15, 0.2) is 11.3 Å². The van der Waals surface area contributed by atoms with E-state index in [-0.39, 0.29) is 11.1 Å². The van der Waals surface area contributed by atoms with Crippen LogP contribution in [-0.2, 0) is 6.42 Å². The van der Waals surface area contributed by atoms with E-state index < -0.39 is 0 Å². The van der Waals surface area contributed by atoms with Gasteiger partial charge in [-0.3, -0.25) is 9.36 Å². The highest BCUT2D eigenvalue weighted by molar-refractivity contribution is 5.75. The van der Waals surface area contributed by atoms with Crippen LogP contribution in [0.15, 0.2) is 41.3 Å². The van der Waals surface area contributed by atoms with Crippen molar-refractivity contribution in [3.63, 3.8) is 0 Å². The van der Waals surface area contributed by atoms with Crippen LogP contribution in [-0.4, -0.2) is 36.5 Å². The molecule has 0 aliphatic carbocycles. The molecule has 3 heterocycles. The summed E-state index contributed by atoms with van der Waals surface area (Å²) in [6.07, 6.45) is 2.36. The van der Waals surface area contributed by atoms with Crippen molar-refractivity contribution in [3.05, 3.63) is 52.7 Å². The molecule has 0 radical (unpaired) electrons. The van der Waals surface area contributed by atoms with E-state index in [2.05, 4.69) is 20.3 Å². The van der Waals surface area contributed by atoms with Crippen molar-refractivity contribution < 1.29 is 4.74 Å². The van der Waals surface area contributed by atoms with Crippen LogP contribution in [0.4, 0.5) is 0 Å². The number of aryl methyl sites for hydroxylation is 1. The van der Waals surface area contributed by atoms with Crippen molar-refractivity contribution in [2.24, 2.45) is 0 Å². The highest BCUT2D eigenvalue weighted by Gasteiger charge is 2.14. The number of rotatable bonds is 3. The molecule has 0 N–H and O–H groups in total. The first-order valence-corrected chi connectivity index (χ1v) is 7.50. The van der Waals surface area contributed by atoms with Crippen molar-refractivity contribution >= 4 is 16.8 Å². The van der Waals surface area contributed by atoms with E-state index in [1.54, 1.807) is 30.0 Å². The number of ether oxygens (including phenoxy) is 1. The fourth-order valence-corrected chi connectivity index (χ4v) is 2.61. The van der Waals surface area contributed by atoms with E-state index in [0.717, 1.165) is 0 Å². The van der Waals surface area contributed by atoms with Gasteiger partial charge in [-0.2, -0.15) is 9.50 Å². The third-order valence-corrected chi connectivity index (χ3v) is 3.81. The quantitative estimate of drug-likeness (QED) is 0.566. The van der Waals surface area contributed by atoms with Crippen molar-refractivity contribution in [2.45, 2.75) is 13.3 Å². The fraction of sp³-hybridized carbons (Fsp3) is 0.188. The topological polar surface area (TPSA) is 87.2 Å². The highest BCUT2D eigenvalue weighted by Crippen LogP contribution is 2.21. The van der Waals surface area contributed by atoms with Gasteiger partial charge < -0.3 is 4.74 Å². The number of benzene rings is 1. The second kappa shape index (κ2) is 5.41. The molecule has 4 aromatic rings. The van der Waals surface area contributed by atoms with Gasteiger partial charge in [-0.25, -0.2) is 0 Å². The molecular formula is C16H14N6O2. The summed E-state index contributed by atoms with van der Waals surface area (Å²) in [5, 5.41) is 12.4. The Kier molecular flexibility index (Phi) is 3.23. The molecule has 8 heteroatoms. The summed E-state index contributed by atoms with van der Waals surface area (Å²) >= 11 is 0. The molecule has 3 aromatic heterocycles. The molecule has 120 valence electrons. The van der Waals surface area contributed by atoms with Crippen LogP contribution in [0.1, 0.15) is 12.7 Å². The molecule has 0 amide bonds. The standard InChI is InChI=1S/C16H14N6O2/c1-3-13-17-16-19-18-14-11(22(16)20-13)8-9-21(15(14)23)10-6-4-5-7-12(10)24-2/h4-9H,3H2,1-2H3. The zero-order chi connectivity index (χ0) is 16.7. The monoisotopic (exact) mass is 322 g/mol. The Labute approximate surface area is 136 Å². The van der Waals surface area contributed by atoms with Gasteiger partial charge in [0.1, 0.15) is 11.3 Å². The molecule has 8 nitrogen and oxygen atoms in total. The van der Waals surface area contributed by atoms with E-state index in [4.69, 9.17) is 4.74 Å². The van der Waals surface area contributed by atoms with Crippen LogP contribution in [0, 0.1) is 0 Å². The van der Waals surface area contributed by atoms with Gasteiger partial charge >= 0.3 is 0 Å². The molecule has 24 heavy (non-hydrogen) atoms. The first kappa shape index (κ1) is 14.3. The summed E-state index contributed by atoms with van der Waals surface area (Å²) in [7, 11) is 1.57. The molecule has 0 saturated carbocycles. The van der Waals surface area contributed by atoms with Crippen molar-refractivity contribution in [3.8, 4) is 11.4 Å². The van der Waals surface area contributed by atoms with E-state index in [0.29, 0.717) is 35.0 Å². The van der Waals surface area contributed by atoms with E-state index in [1.165, 1.54) is 4.57 Å². The van der Waals surface area contributed by atoms with Gasteiger partial charge in [0.2, 0.25) is 0 Å². The summed E-state index contributed by atoms with van der Waals surface area (Å²) in [4.78, 5) is 17.1. The molecule has 0 unspecified atom stereocenters. The Morgan fingerprint density at radius 3 is 2.79 bits per heavy atom. The Bertz CT molecular complexity index is 1110. The number of pyridine rings is 1. The van der Waals surface area contributed by atoms with E-state index >= 15 is 0 Å². The van der Waals surface area contributed by atoms with Crippen molar-refractivity contribution in [1.82, 2.24) is 29.4 Å². The highest BCUT2D eigenvalue weighted by atomic mass is 16.5. The number of fused-ring (bicyclic) bond motifs is 3. The molecular weight excluding hydrogens is 308 g/mol. The smallest absolute Gasteiger partial charge is 0.285 e. The zero-order valence-corrected chi connectivity index (χ0v) is 13.2. The summed E-state index contributed by atoms with van der Waals surface area (Å²) in [5.41, 5.74) is 1.15. The van der Waals surface area contributed by atoms with Gasteiger partial charge in [-0.05, 0) is 18.2 Å². The maximum atomic E-state index is 12.9. The number of hydrogen-bond donors (Lipinski definition) is 0. The minimum Gasteiger partial charge on any atom is -0.495 e. The minimum absolute atomic E-state index is 0.225. The average molecular weight is 322 g/mol. The Hall–Kier alpha value is -3.29. The van der Waals surface area contributed by atoms with Crippen LogP contribution in [0.5, 0.6) is 5.75 Å². The summed E-state index contributed by atoms with van der Waals surface area (Å²) in [6, 6.07) is 9.07. The molecule has 0 bridgehead atoms. The van der Waals surface area contributed by atoms with E-state index in [1.807, 2.05) is 25.1 Å². The molecule has 1 aromatic carbocycles. The fourth-order valence-electron chi connectivity index (χ4n) is 2.61. The summed E-state index contributed by atoms with van der Waals surface area (Å²) < 4.78 is 8.37. The van der Waals surface area contributed by atoms with Gasteiger partial charge in [-0.15, -0.1) is 15.3 Å². The number of hydrogen-bond acceptors (Lipinski definition) is 6. The predicted molar refractivity (Wildman–Crippen MR) is 87.6 cm³/mol. The first-order chi connectivity index (χ1) is 11.7. The van der Waals surface area contributed by atoms with Crippen LogP contribution in [0.25, 0.3) is 22.5 Å². The largest absolute Gasteiger partial charge is 0.495 e. The lowest BCUT2D eigenvalue weighted by atomic mass is 10.2. The maximum absolute atomic E-state index is 12.9. The van der Waals surface area contributed by atoms with Crippen molar-refractivity contribution in [1.29, 1.82) is 0 Å². The lowest BCUT2D eigenvalue weighted by Gasteiger charge is -2.11. The zero-order valence-electron chi connectivity index (χ0n) is 13.2. The first-order valence-electron chi connectivity index (χ1n) is 7.50. The number of para-hydroxylation sites is 2. The number of nitrogens with zero attached hydrogens (tertiary/aromatic N) is 6. The van der Waals surface area contributed by atoms with Gasteiger partial charge in [-0.1, -0.05) is 19.1 Å². The SMILES string of the molecule is CCc1nc2nnc3c(=O)n(-c4ccccc4OC)ccc3n2n1. The van der Waals surface area contributed by atoms with Gasteiger partial charge in [0.05, 0.1) is 12.8 Å². The Morgan fingerprint density at radius 1 is 1.17 bits per heavy atom. The molecule has 4 rings (SSSR count). The second-order valence-corrected chi connectivity index (χ2v) is 5.19. The summed E-state index contributed by atoms with van der Waals surface area (Å²) in [6.45, 7) is 1.96. The summed E-state index contributed by atoms with van der Waals surface area (Å²) in [5.74, 6) is 1.64. The molecule has 0 fully saturated rings. The van der Waals surface area contributed by atoms with Gasteiger partial charge in [0.25, 0.3) is 11.3 Å². The minimum atomic E-state index is -0.292. The number of methoxy groups -OCH3 is 1. The normalized spacial score (nSPS) is 11.2. The number of aromatic nitrogens is 6. The predicted octanol–water partition coefficient (Wildman–Crippen LogP) is 1.39. The maximum Gasteiger partial charge on any atom is 0.285 e. The Morgan fingerprint density at radius 2 is 2.00 bits per heavy atom. The third kappa shape index (κ3) is 2.03. The van der Waals surface area contributed by atoms with Crippen molar-refractivity contribution in [2.75, 3.05) is 7.11 Å². The third-order valence-electron chi connectivity index (χ3n) is 3.81. The van der Waals surface area contributed by atoms with Gasteiger partial charge in [0, 0.05) is 12.6 Å². The molecule has 0 saturated heterocycles. The molecule has 0 aliphatic heterocycles. The second-order valence-electron chi connectivity index (χ2n) is 5.19. The lowest BCUT2D eigenvalue weighted by molar-refractivity contribution is 0.412. The Balaban J connectivity index is 2.02. The van der Waals surface area contributed by atoms with Crippen LogP contribution >= 0.6 is 0 Å². The van der Waals surface area contributed by atoms with Crippen LogP contribution in [0.2, 0.25) is 0 Å². The van der Waals surface area contributed by atoms with E-state index in [9.17, 15) is 4.79 Å². The average Bonchev–Trinajstić information content (AvgIpc) is 3.06. The molecule has 0 spiro atoms. The lowest BCUT2D eigenvalue weighted by Crippen LogP contribution is -2.20. The van der Waals surface area contributed by atoms with Crippen LogP contribution < -0.4 is 10.3 Å².